The summed E-state index contributed by atoms with van der Waals surface area (Å²) in [6.07, 6.45) is 4.84. The molecule has 97 valence electrons. The molecule has 1 nitrogen and oxygen atoms in total. The zero-order valence-corrected chi connectivity index (χ0v) is 14.6. The number of likely N-dealkylation sites (N-methyl/N-ethyl adjacent to an activating group) is 1. The number of allylic oxidation sites excluding steroid dienone is 3. The Bertz CT molecular complexity index is 563. The van der Waals surface area contributed by atoms with Gasteiger partial charge in [0.1, 0.15) is 5.82 Å². The van der Waals surface area contributed by atoms with Crippen LogP contribution >= 0.6 is 11.6 Å². The van der Waals surface area contributed by atoms with Crippen molar-refractivity contribution in [2.75, 3.05) is 6.54 Å². The maximum Gasteiger partial charge on any atom is 0.121 e. The summed E-state index contributed by atoms with van der Waals surface area (Å²) in [6, 6.07) is 4.73. The number of hydrogen-bond acceptors (Lipinski definition) is 1. The predicted molar refractivity (Wildman–Crippen MR) is 73.2 cm³/mol. The Kier molecular flexibility index (Phi) is 5.97. The van der Waals surface area contributed by atoms with Crippen LogP contribution in [0.1, 0.15) is 18.1 Å². The molecule has 0 spiro atoms. The molecule has 0 bridgehead atoms. The zero-order chi connectivity index (χ0) is 13.3. The van der Waals surface area contributed by atoms with Crippen LogP contribution in [-0.4, -0.2) is 11.4 Å². The Morgan fingerprint density at radius 3 is 2.68 bits per heavy atom. The van der Waals surface area contributed by atoms with E-state index in [0.717, 1.165) is 29.1 Å². The number of rotatable bonds is 2. The molecule has 0 N–H and O–H groups in total. The van der Waals surface area contributed by atoms with E-state index in [9.17, 15) is 4.39 Å². The molecular formula is C15H14ClFNY-. The van der Waals surface area contributed by atoms with Crippen LogP contribution in [0.15, 0.2) is 41.6 Å². The van der Waals surface area contributed by atoms with Gasteiger partial charge in [-0.3, -0.25) is 0 Å². The summed E-state index contributed by atoms with van der Waals surface area (Å²) in [5, 5.41) is 0.584. The third-order valence-electron chi connectivity index (χ3n) is 2.97. The molecule has 1 aliphatic rings. The van der Waals surface area contributed by atoms with Crippen molar-refractivity contribution >= 4 is 17.3 Å². The smallest absolute Gasteiger partial charge is 0.121 e. The minimum Gasteiger partial charge on any atom is -0.374 e. The van der Waals surface area contributed by atoms with E-state index in [1.807, 2.05) is 18.7 Å². The van der Waals surface area contributed by atoms with Crippen LogP contribution < -0.4 is 0 Å². The molecule has 0 unspecified atom stereocenters. The molecule has 2 rings (SSSR count). The minimum atomic E-state index is -0.233. The van der Waals surface area contributed by atoms with Gasteiger partial charge in [0.25, 0.3) is 0 Å². The van der Waals surface area contributed by atoms with Crippen LogP contribution in [-0.2, 0) is 32.7 Å². The van der Waals surface area contributed by atoms with Gasteiger partial charge in [0.15, 0.2) is 0 Å². The molecule has 19 heavy (non-hydrogen) atoms. The molecule has 1 radical (unpaired) electrons. The second-order valence-corrected chi connectivity index (χ2v) is 4.54. The topological polar surface area (TPSA) is 3.24 Å². The van der Waals surface area contributed by atoms with Crippen LogP contribution in [0.4, 0.5) is 4.39 Å². The number of benzene rings is 1. The quantitative estimate of drug-likeness (QED) is 0.720. The molecule has 0 aliphatic carbocycles. The second kappa shape index (κ2) is 6.83. The van der Waals surface area contributed by atoms with Gasteiger partial charge in [-0.15, -0.1) is 6.07 Å². The fourth-order valence-electron chi connectivity index (χ4n) is 2.02. The third kappa shape index (κ3) is 3.36. The summed E-state index contributed by atoms with van der Waals surface area (Å²) in [4.78, 5) is 1.97. The maximum absolute atomic E-state index is 13.1. The number of nitrogens with zero attached hydrogens (tertiary/aromatic N) is 1. The summed E-state index contributed by atoms with van der Waals surface area (Å²) in [5.74, 6) is -0.233. The van der Waals surface area contributed by atoms with Gasteiger partial charge in [-0.25, -0.2) is 4.39 Å². The number of hydrogen-bond donors (Lipinski definition) is 0. The maximum atomic E-state index is 13.1. The summed E-state index contributed by atoms with van der Waals surface area (Å²) in [6.45, 7) is 8.59. The van der Waals surface area contributed by atoms with Crippen molar-refractivity contribution in [3.63, 3.8) is 0 Å². The molecule has 4 heteroatoms. The van der Waals surface area contributed by atoms with Crippen LogP contribution in [0.5, 0.6) is 0 Å². The Balaban J connectivity index is 0.00000180. The van der Waals surface area contributed by atoms with E-state index < -0.39 is 0 Å². The first-order chi connectivity index (χ1) is 8.54. The summed E-state index contributed by atoms with van der Waals surface area (Å²) >= 11 is 6.04. The van der Waals surface area contributed by atoms with Crippen LogP contribution in [0.3, 0.4) is 0 Å². The van der Waals surface area contributed by atoms with Crippen molar-refractivity contribution in [1.82, 2.24) is 4.90 Å². The second-order valence-electron chi connectivity index (χ2n) is 4.14. The third-order valence-corrected chi connectivity index (χ3v) is 3.29. The van der Waals surface area contributed by atoms with Crippen molar-refractivity contribution in [2.24, 2.45) is 0 Å². The Morgan fingerprint density at radius 1 is 1.42 bits per heavy atom. The van der Waals surface area contributed by atoms with Crippen LogP contribution in [0.2, 0.25) is 0 Å². The summed E-state index contributed by atoms with van der Waals surface area (Å²) in [7, 11) is 0. The first-order valence-electron chi connectivity index (χ1n) is 5.77. The minimum absolute atomic E-state index is 0. The first kappa shape index (κ1) is 16.6. The zero-order valence-electron chi connectivity index (χ0n) is 11.0. The van der Waals surface area contributed by atoms with Gasteiger partial charge in [0.2, 0.25) is 0 Å². The van der Waals surface area contributed by atoms with Crippen LogP contribution in [0, 0.1) is 18.8 Å². The number of aryl methyl sites for hydroxylation is 1. The standard InChI is InChI=1S/C15H14ClFN.Y/c1-4-18-11(3)14(16)7-8-15(18)13-6-5-12(17)9-10(13)2;/h5-7,9H,3-4H2,1-2H3;/q-1;. The van der Waals surface area contributed by atoms with Gasteiger partial charge in [0, 0.05) is 39.3 Å². The average molecular weight is 352 g/mol. The van der Waals surface area contributed by atoms with Crippen molar-refractivity contribution in [2.45, 2.75) is 13.8 Å². The molecule has 0 amide bonds. The number of halogens is 2. The molecule has 1 aliphatic heterocycles. The van der Waals surface area contributed by atoms with E-state index in [1.54, 1.807) is 12.1 Å². The van der Waals surface area contributed by atoms with E-state index >= 15 is 0 Å². The van der Waals surface area contributed by atoms with Crippen molar-refractivity contribution in [3.05, 3.63) is 64.6 Å². The Labute approximate surface area is 143 Å². The van der Waals surface area contributed by atoms with Gasteiger partial charge < -0.3 is 4.90 Å². The van der Waals surface area contributed by atoms with Gasteiger partial charge in [0.05, 0.1) is 0 Å². The fraction of sp³-hybridized carbons (Fsp3) is 0.200. The van der Waals surface area contributed by atoms with Crippen LogP contribution in [0.25, 0.3) is 5.70 Å². The molecular weight excluding hydrogens is 338 g/mol. The fourth-order valence-corrected chi connectivity index (χ4v) is 2.18. The molecule has 0 aromatic heterocycles. The van der Waals surface area contributed by atoms with E-state index in [0.29, 0.717) is 5.03 Å². The summed E-state index contributed by atoms with van der Waals surface area (Å²) in [5.41, 5.74) is 3.44. The molecule has 0 saturated carbocycles. The molecule has 1 heterocycles. The van der Waals surface area contributed by atoms with E-state index in [2.05, 4.69) is 12.7 Å². The monoisotopic (exact) mass is 351 g/mol. The van der Waals surface area contributed by atoms with E-state index in [4.69, 9.17) is 11.6 Å². The van der Waals surface area contributed by atoms with Crippen molar-refractivity contribution in [1.29, 1.82) is 0 Å². The van der Waals surface area contributed by atoms with Crippen molar-refractivity contribution in [3.8, 4) is 0 Å². The van der Waals surface area contributed by atoms with Gasteiger partial charge in [-0.2, -0.15) is 23.8 Å². The molecule has 1 aromatic rings. The Morgan fingerprint density at radius 2 is 2.11 bits per heavy atom. The van der Waals surface area contributed by atoms with E-state index in [1.165, 1.54) is 12.1 Å². The summed E-state index contributed by atoms with van der Waals surface area (Å²) < 4.78 is 13.1. The molecule has 1 aromatic carbocycles. The van der Waals surface area contributed by atoms with Gasteiger partial charge in [-0.05, 0) is 29.8 Å². The first-order valence-corrected chi connectivity index (χ1v) is 6.15. The normalized spacial score (nSPS) is 14.7. The van der Waals surface area contributed by atoms with E-state index in [-0.39, 0.29) is 38.5 Å². The van der Waals surface area contributed by atoms with Crippen molar-refractivity contribution < 1.29 is 37.1 Å². The largest absolute Gasteiger partial charge is 0.374 e. The molecule has 0 fully saturated rings. The van der Waals surface area contributed by atoms with Gasteiger partial charge in [-0.1, -0.05) is 30.3 Å². The molecule has 0 saturated heterocycles. The SMILES string of the molecule is C=C1C(Cl)=C[C-]=C(c2ccc(F)cc2C)N1CC.[Y]. The molecule has 0 atom stereocenters. The van der Waals surface area contributed by atoms with Gasteiger partial charge >= 0.3 is 0 Å². The Hall–Kier alpha value is -0.436. The predicted octanol–water partition coefficient (Wildman–Crippen LogP) is 4.25. The average Bonchev–Trinajstić information content (AvgIpc) is 2.33.